The molecule has 6 heteroatoms. The quantitative estimate of drug-likeness (QED) is 0.349. The van der Waals surface area contributed by atoms with Crippen LogP contribution < -0.4 is 20.9 Å². The van der Waals surface area contributed by atoms with E-state index in [2.05, 4.69) is 85.2 Å². The Morgan fingerprint density at radius 3 is 2.49 bits per heavy atom. The van der Waals surface area contributed by atoms with Crippen LogP contribution in [0.25, 0.3) is 10.9 Å². The molecule has 0 atom stereocenters. The number of carbonyl (C=O) groups is 1. The lowest BCUT2D eigenvalue weighted by Crippen LogP contribution is -2.42. The van der Waals surface area contributed by atoms with Gasteiger partial charge in [-0.15, -0.1) is 0 Å². The van der Waals surface area contributed by atoms with Crippen LogP contribution in [0, 0.1) is 6.92 Å². The van der Waals surface area contributed by atoms with Crippen molar-refractivity contribution < 1.29 is 4.79 Å². The molecule has 1 aromatic heterocycles. The molecule has 6 nitrogen and oxygen atoms in total. The molecule has 2 aromatic carbocycles. The van der Waals surface area contributed by atoms with Gasteiger partial charge in [-0.05, 0) is 68.7 Å². The number of pyridine rings is 1. The third-order valence-corrected chi connectivity index (χ3v) is 6.95. The molecule has 0 saturated heterocycles. The lowest BCUT2D eigenvalue weighted by Gasteiger charge is -2.30. The molecular formula is C29H39N5O. The predicted molar refractivity (Wildman–Crippen MR) is 148 cm³/mol. The summed E-state index contributed by atoms with van der Waals surface area (Å²) >= 11 is 0. The summed E-state index contributed by atoms with van der Waals surface area (Å²) in [4.78, 5) is 19.6. The SMILES string of the molecule is CCCCc1ccc(NC(=O)NC2CCC(Nc3cc(N(C)C)c4ccccc4n3)CC2)c(C)c1. The first kappa shape index (κ1) is 24.8. The number of benzene rings is 2. The van der Waals surface area contributed by atoms with Crippen LogP contribution in [0.5, 0.6) is 0 Å². The third-order valence-electron chi connectivity index (χ3n) is 6.95. The van der Waals surface area contributed by atoms with E-state index in [-0.39, 0.29) is 12.1 Å². The zero-order chi connectivity index (χ0) is 24.8. The van der Waals surface area contributed by atoms with Gasteiger partial charge in [-0.25, -0.2) is 9.78 Å². The van der Waals surface area contributed by atoms with Gasteiger partial charge in [-0.1, -0.05) is 43.7 Å². The number of aryl methyl sites for hydroxylation is 2. The van der Waals surface area contributed by atoms with E-state index in [0.29, 0.717) is 6.04 Å². The van der Waals surface area contributed by atoms with E-state index >= 15 is 0 Å². The number of hydrogen-bond acceptors (Lipinski definition) is 4. The monoisotopic (exact) mass is 473 g/mol. The van der Waals surface area contributed by atoms with Crippen LogP contribution in [0.2, 0.25) is 0 Å². The minimum absolute atomic E-state index is 0.113. The highest BCUT2D eigenvalue weighted by molar-refractivity contribution is 5.93. The number of amides is 2. The summed E-state index contributed by atoms with van der Waals surface area (Å²) in [6.45, 7) is 4.27. The number of rotatable bonds is 8. The Bertz CT molecular complexity index is 1150. The largest absolute Gasteiger partial charge is 0.377 e. The average molecular weight is 474 g/mol. The molecule has 4 rings (SSSR count). The normalized spacial score (nSPS) is 17.7. The molecule has 1 aliphatic carbocycles. The standard InChI is InChI=1S/C29H39N5O/c1-5-6-9-21-12-17-25(20(2)18-21)33-29(35)31-23-15-13-22(14-16-23)30-28-19-27(34(3)4)24-10-7-8-11-26(24)32-28/h7-8,10-12,17-19,22-23H,5-6,9,13-16H2,1-4H3,(H,30,32)(H2,31,33,35). The zero-order valence-electron chi connectivity index (χ0n) is 21.5. The maximum Gasteiger partial charge on any atom is 0.319 e. The van der Waals surface area contributed by atoms with Crippen molar-refractivity contribution in [3.63, 3.8) is 0 Å². The molecule has 0 aliphatic heterocycles. The Morgan fingerprint density at radius 2 is 1.77 bits per heavy atom. The van der Waals surface area contributed by atoms with Crippen LogP contribution in [0.4, 0.5) is 22.0 Å². The summed E-state index contributed by atoms with van der Waals surface area (Å²) in [5.74, 6) is 0.916. The molecular weight excluding hydrogens is 434 g/mol. The second-order valence-electron chi connectivity index (χ2n) is 9.98. The van der Waals surface area contributed by atoms with Crippen molar-refractivity contribution in [3.8, 4) is 0 Å². The minimum Gasteiger partial charge on any atom is -0.377 e. The summed E-state index contributed by atoms with van der Waals surface area (Å²) in [7, 11) is 4.13. The Morgan fingerprint density at radius 1 is 1.03 bits per heavy atom. The fourth-order valence-corrected chi connectivity index (χ4v) is 4.94. The average Bonchev–Trinajstić information content (AvgIpc) is 2.85. The van der Waals surface area contributed by atoms with Crippen molar-refractivity contribution in [1.29, 1.82) is 0 Å². The van der Waals surface area contributed by atoms with E-state index in [1.54, 1.807) is 0 Å². The molecule has 2 amide bonds. The van der Waals surface area contributed by atoms with E-state index in [1.165, 1.54) is 24.1 Å². The predicted octanol–water partition coefficient (Wildman–Crippen LogP) is 6.50. The molecule has 3 N–H and O–H groups in total. The topological polar surface area (TPSA) is 69.3 Å². The Balaban J connectivity index is 1.29. The molecule has 3 aromatic rings. The number of aromatic nitrogens is 1. The number of nitrogens with zero attached hydrogens (tertiary/aromatic N) is 2. The number of hydrogen-bond donors (Lipinski definition) is 3. The maximum atomic E-state index is 12.6. The number of carbonyl (C=O) groups excluding carboxylic acids is 1. The third kappa shape index (κ3) is 6.44. The summed E-state index contributed by atoms with van der Waals surface area (Å²) in [5.41, 5.74) is 5.50. The van der Waals surface area contributed by atoms with Gasteiger partial charge in [0.2, 0.25) is 0 Å². The Kier molecular flexibility index (Phi) is 8.11. The molecule has 1 aliphatic rings. The van der Waals surface area contributed by atoms with Crippen LogP contribution in [0.1, 0.15) is 56.6 Å². The second-order valence-corrected chi connectivity index (χ2v) is 9.98. The van der Waals surface area contributed by atoms with E-state index in [9.17, 15) is 4.79 Å². The molecule has 0 radical (unpaired) electrons. The molecule has 0 bridgehead atoms. The maximum absolute atomic E-state index is 12.6. The lowest BCUT2D eigenvalue weighted by molar-refractivity contribution is 0.243. The summed E-state index contributed by atoms with van der Waals surface area (Å²) < 4.78 is 0. The van der Waals surface area contributed by atoms with Gasteiger partial charge in [0, 0.05) is 49.0 Å². The number of nitrogens with one attached hydrogen (secondary N) is 3. The van der Waals surface area contributed by atoms with Crippen molar-refractivity contribution >= 4 is 34.1 Å². The highest BCUT2D eigenvalue weighted by atomic mass is 16.2. The van der Waals surface area contributed by atoms with Crippen LogP contribution in [-0.2, 0) is 6.42 Å². The minimum atomic E-state index is -0.113. The summed E-state index contributed by atoms with van der Waals surface area (Å²) in [6, 6.07) is 17.2. The van der Waals surface area contributed by atoms with Gasteiger partial charge in [0.15, 0.2) is 0 Å². The smallest absolute Gasteiger partial charge is 0.319 e. The van der Waals surface area contributed by atoms with Gasteiger partial charge in [-0.3, -0.25) is 0 Å². The van der Waals surface area contributed by atoms with Gasteiger partial charge in [0.25, 0.3) is 0 Å². The first-order valence-electron chi connectivity index (χ1n) is 12.9. The van der Waals surface area contributed by atoms with Crippen molar-refractivity contribution in [3.05, 3.63) is 59.7 Å². The molecule has 1 heterocycles. The van der Waals surface area contributed by atoms with Crippen molar-refractivity contribution in [2.75, 3.05) is 29.6 Å². The van der Waals surface area contributed by atoms with Crippen molar-refractivity contribution in [2.24, 2.45) is 0 Å². The molecule has 0 unspecified atom stereocenters. The Hall–Kier alpha value is -3.28. The van der Waals surface area contributed by atoms with Crippen LogP contribution in [0.15, 0.2) is 48.5 Å². The fraction of sp³-hybridized carbons (Fsp3) is 0.448. The zero-order valence-corrected chi connectivity index (χ0v) is 21.5. The molecule has 186 valence electrons. The van der Waals surface area contributed by atoms with Crippen LogP contribution in [0.3, 0.4) is 0 Å². The number of urea groups is 1. The number of anilines is 3. The van der Waals surface area contributed by atoms with Gasteiger partial charge >= 0.3 is 6.03 Å². The first-order valence-corrected chi connectivity index (χ1v) is 12.9. The van der Waals surface area contributed by atoms with Gasteiger partial charge < -0.3 is 20.9 Å². The Labute approximate surface area is 209 Å². The van der Waals surface area contributed by atoms with Crippen LogP contribution in [-0.4, -0.2) is 37.2 Å². The van der Waals surface area contributed by atoms with Gasteiger partial charge in [0.05, 0.1) is 5.52 Å². The second kappa shape index (κ2) is 11.4. The highest BCUT2D eigenvalue weighted by Gasteiger charge is 2.23. The van der Waals surface area contributed by atoms with Gasteiger partial charge in [-0.2, -0.15) is 0 Å². The van der Waals surface area contributed by atoms with Gasteiger partial charge in [0.1, 0.15) is 5.82 Å². The summed E-state index contributed by atoms with van der Waals surface area (Å²) in [5, 5.41) is 11.0. The molecule has 1 saturated carbocycles. The molecule has 1 fully saturated rings. The summed E-state index contributed by atoms with van der Waals surface area (Å²) in [6.07, 6.45) is 7.38. The highest BCUT2D eigenvalue weighted by Crippen LogP contribution is 2.29. The molecule has 0 spiro atoms. The molecule has 35 heavy (non-hydrogen) atoms. The van der Waals surface area contributed by atoms with E-state index in [4.69, 9.17) is 4.98 Å². The lowest BCUT2D eigenvalue weighted by atomic mass is 9.91. The van der Waals surface area contributed by atoms with Crippen molar-refractivity contribution in [2.45, 2.75) is 70.9 Å². The number of para-hydroxylation sites is 1. The van der Waals surface area contributed by atoms with Crippen molar-refractivity contribution in [1.82, 2.24) is 10.3 Å². The van der Waals surface area contributed by atoms with E-state index in [1.807, 2.05) is 12.1 Å². The van der Waals surface area contributed by atoms with E-state index < -0.39 is 0 Å². The van der Waals surface area contributed by atoms with E-state index in [0.717, 1.165) is 60.1 Å². The number of fused-ring (bicyclic) bond motifs is 1. The number of unbranched alkanes of at least 4 members (excludes halogenated alkanes) is 1. The fourth-order valence-electron chi connectivity index (χ4n) is 4.94. The van der Waals surface area contributed by atoms with Crippen LogP contribution >= 0.6 is 0 Å². The first-order chi connectivity index (χ1) is 16.9.